The van der Waals surface area contributed by atoms with Crippen LogP contribution in [-0.4, -0.2) is 37.7 Å². The molecule has 188 valence electrons. The van der Waals surface area contributed by atoms with Crippen molar-refractivity contribution < 1.29 is 32.5 Å². The lowest BCUT2D eigenvalue weighted by molar-refractivity contribution is -0.144. The zero-order valence-corrected chi connectivity index (χ0v) is 20.1. The predicted octanol–water partition coefficient (Wildman–Crippen LogP) is 5.09. The summed E-state index contributed by atoms with van der Waals surface area (Å²) in [4.78, 5) is 27.6. The van der Waals surface area contributed by atoms with Crippen molar-refractivity contribution in [2.24, 2.45) is 0 Å². The number of fused-ring (bicyclic) bond motifs is 1. The topological polar surface area (TPSA) is 104 Å². The van der Waals surface area contributed by atoms with Crippen molar-refractivity contribution >= 4 is 27.6 Å². The zero-order valence-electron chi connectivity index (χ0n) is 19.3. The second-order valence-corrected chi connectivity index (χ2v) is 8.64. The molecule has 4 aromatic rings. The second-order valence-electron chi connectivity index (χ2n) is 7.84. The monoisotopic (exact) mass is 519 g/mol. The molecule has 0 aliphatic heterocycles. The molecule has 0 saturated carbocycles. The van der Waals surface area contributed by atoms with Crippen molar-refractivity contribution in [2.75, 3.05) is 6.61 Å². The maximum Gasteiger partial charge on any atom is 0.433 e. The van der Waals surface area contributed by atoms with Crippen LogP contribution in [0.15, 0.2) is 47.3 Å². The molecule has 0 amide bonds. The molecule has 2 heterocycles. The summed E-state index contributed by atoms with van der Waals surface area (Å²) in [5.41, 5.74) is -0.194. The van der Waals surface area contributed by atoms with E-state index in [9.17, 15) is 27.9 Å². The molecule has 36 heavy (non-hydrogen) atoms. The highest BCUT2D eigenvalue weighted by Gasteiger charge is 2.34. The number of aryl methyl sites for hydroxylation is 1. The zero-order chi connectivity index (χ0) is 26.2. The van der Waals surface area contributed by atoms with Gasteiger partial charge in [0.05, 0.1) is 22.7 Å². The summed E-state index contributed by atoms with van der Waals surface area (Å²) in [6, 6.07) is 9.98. The van der Waals surface area contributed by atoms with Gasteiger partial charge in [0.25, 0.3) is 5.56 Å². The molecule has 0 radical (unpaired) electrons. The normalized spacial score (nSPS) is 12.5. The molecule has 0 aliphatic carbocycles. The first kappa shape index (κ1) is 25.2. The van der Waals surface area contributed by atoms with E-state index in [1.165, 1.54) is 18.5 Å². The Labute approximate surface area is 206 Å². The third-order valence-electron chi connectivity index (χ3n) is 5.21. The first-order valence-corrected chi connectivity index (χ1v) is 11.5. The van der Waals surface area contributed by atoms with Crippen molar-refractivity contribution in [2.45, 2.75) is 33.1 Å². The van der Waals surface area contributed by atoms with Crippen molar-refractivity contribution in [1.29, 1.82) is 0 Å². The highest BCUT2D eigenvalue weighted by molar-refractivity contribution is 7.13. The standard InChI is InChI=1S/C24H20F3N3O5S/c1-4-34-23-28-19(24(25,26)27)11-20(31)30(23)14-6-8-18-16(10-14)21(29-36-18)15-9-12(2)5-7-17(15)35-13(3)22(32)33/h5-11,13H,4H2,1-3H3,(H,32,33). The van der Waals surface area contributed by atoms with Gasteiger partial charge in [-0.25, -0.2) is 9.36 Å². The number of rotatable bonds is 7. The van der Waals surface area contributed by atoms with E-state index >= 15 is 0 Å². The molecule has 2 aromatic heterocycles. The number of carboxylic acids is 1. The van der Waals surface area contributed by atoms with Gasteiger partial charge in [0.2, 0.25) is 0 Å². The Balaban J connectivity index is 1.90. The Bertz CT molecular complexity index is 1510. The molecule has 0 bridgehead atoms. The summed E-state index contributed by atoms with van der Waals surface area (Å²) in [5, 5.41) is 9.85. The summed E-state index contributed by atoms with van der Waals surface area (Å²) in [6.45, 7) is 4.82. The highest BCUT2D eigenvalue weighted by atomic mass is 32.1. The molecule has 0 spiro atoms. The maximum atomic E-state index is 13.2. The molecule has 1 unspecified atom stereocenters. The smallest absolute Gasteiger partial charge is 0.433 e. The van der Waals surface area contributed by atoms with Gasteiger partial charge in [-0.2, -0.15) is 22.5 Å². The molecular weight excluding hydrogens is 499 g/mol. The van der Waals surface area contributed by atoms with Gasteiger partial charge in [-0.05, 0) is 62.6 Å². The lowest BCUT2D eigenvalue weighted by Gasteiger charge is -2.15. The minimum absolute atomic E-state index is 0.00694. The van der Waals surface area contributed by atoms with E-state index in [2.05, 4.69) is 9.36 Å². The van der Waals surface area contributed by atoms with E-state index in [0.717, 1.165) is 14.8 Å². The van der Waals surface area contributed by atoms with Gasteiger partial charge >= 0.3 is 18.2 Å². The molecule has 12 heteroatoms. The van der Waals surface area contributed by atoms with Crippen LogP contribution in [0.1, 0.15) is 25.1 Å². The van der Waals surface area contributed by atoms with Gasteiger partial charge in [-0.3, -0.25) is 4.79 Å². The average Bonchev–Trinajstić information content (AvgIpc) is 3.22. The Morgan fingerprint density at radius 1 is 1.19 bits per heavy atom. The third-order valence-corrected chi connectivity index (χ3v) is 6.03. The molecule has 8 nitrogen and oxygen atoms in total. The molecule has 2 aromatic carbocycles. The molecular formula is C24H20F3N3O5S. The third kappa shape index (κ3) is 4.89. The van der Waals surface area contributed by atoms with Crippen LogP contribution in [0, 0.1) is 6.92 Å². The van der Waals surface area contributed by atoms with E-state index in [0.29, 0.717) is 28.5 Å². The van der Waals surface area contributed by atoms with Crippen LogP contribution in [0.3, 0.4) is 0 Å². The van der Waals surface area contributed by atoms with E-state index in [-0.39, 0.29) is 12.3 Å². The average molecular weight is 520 g/mol. The second kappa shape index (κ2) is 9.61. The van der Waals surface area contributed by atoms with Gasteiger partial charge < -0.3 is 14.6 Å². The van der Waals surface area contributed by atoms with Crippen LogP contribution >= 0.6 is 11.5 Å². The fourth-order valence-electron chi connectivity index (χ4n) is 3.50. The van der Waals surface area contributed by atoms with Crippen molar-refractivity contribution in [3.05, 3.63) is 64.1 Å². The summed E-state index contributed by atoms with van der Waals surface area (Å²) >= 11 is 1.17. The number of aliphatic carboxylic acids is 1. The number of nitrogens with zero attached hydrogens (tertiary/aromatic N) is 3. The van der Waals surface area contributed by atoms with Crippen LogP contribution in [0.5, 0.6) is 11.8 Å². The first-order chi connectivity index (χ1) is 17.0. The number of benzene rings is 2. The SMILES string of the molecule is CCOc1nc(C(F)(F)F)cc(=O)n1-c1ccc2snc(-c3cc(C)ccc3OC(C)C(=O)O)c2c1. The van der Waals surface area contributed by atoms with Gasteiger partial charge in [-0.15, -0.1) is 0 Å². The Morgan fingerprint density at radius 3 is 2.61 bits per heavy atom. The molecule has 0 saturated heterocycles. The van der Waals surface area contributed by atoms with Gasteiger partial charge in [0.15, 0.2) is 11.8 Å². The molecule has 1 atom stereocenters. The first-order valence-electron chi connectivity index (χ1n) is 10.7. The number of alkyl halides is 3. The van der Waals surface area contributed by atoms with Crippen molar-refractivity contribution in [3.8, 4) is 28.7 Å². The van der Waals surface area contributed by atoms with Crippen LogP contribution in [-0.2, 0) is 11.0 Å². The van der Waals surface area contributed by atoms with E-state index in [1.54, 1.807) is 43.3 Å². The fourth-order valence-corrected chi connectivity index (χ4v) is 4.27. The highest BCUT2D eigenvalue weighted by Crippen LogP contribution is 2.38. The minimum atomic E-state index is -4.81. The number of aromatic nitrogens is 3. The van der Waals surface area contributed by atoms with Crippen molar-refractivity contribution in [1.82, 2.24) is 13.9 Å². The molecule has 1 N–H and O–H groups in total. The van der Waals surface area contributed by atoms with Crippen LogP contribution in [0.2, 0.25) is 0 Å². The summed E-state index contributed by atoms with van der Waals surface area (Å²) in [6.07, 6.45) is -5.93. The Kier molecular flexibility index (Phi) is 6.72. The minimum Gasteiger partial charge on any atom is -0.479 e. The number of halogens is 3. The number of hydrogen-bond acceptors (Lipinski definition) is 7. The fraction of sp³-hybridized carbons (Fsp3) is 0.250. The van der Waals surface area contributed by atoms with Crippen LogP contribution < -0.4 is 15.0 Å². The summed E-state index contributed by atoms with van der Waals surface area (Å²) < 4.78 is 56.8. The molecule has 4 rings (SSSR count). The molecule has 0 aliphatic rings. The number of carbonyl (C=O) groups is 1. The van der Waals surface area contributed by atoms with Gasteiger partial charge in [0.1, 0.15) is 5.75 Å². The summed E-state index contributed by atoms with van der Waals surface area (Å²) in [7, 11) is 0. The number of carboxylic acid groups (broad SMARTS) is 1. The lowest BCUT2D eigenvalue weighted by atomic mass is 10.0. The number of ether oxygens (including phenoxy) is 2. The quantitative estimate of drug-likeness (QED) is 0.363. The van der Waals surface area contributed by atoms with Crippen molar-refractivity contribution in [3.63, 3.8) is 0 Å². The van der Waals surface area contributed by atoms with E-state index < -0.39 is 35.5 Å². The summed E-state index contributed by atoms with van der Waals surface area (Å²) in [5.74, 6) is -0.832. The van der Waals surface area contributed by atoms with Crippen LogP contribution in [0.4, 0.5) is 13.2 Å². The largest absolute Gasteiger partial charge is 0.479 e. The molecule has 0 fully saturated rings. The lowest BCUT2D eigenvalue weighted by Crippen LogP contribution is -2.25. The van der Waals surface area contributed by atoms with Gasteiger partial charge in [-0.1, -0.05) is 11.6 Å². The maximum absolute atomic E-state index is 13.2. The van der Waals surface area contributed by atoms with E-state index in [4.69, 9.17) is 9.47 Å². The van der Waals surface area contributed by atoms with Crippen LogP contribution in [0.25, 0.3) is 27.0 Å². The van der Waals surface area contributed by atoms with E-state index in [1.807, 2.05) is 6.92 Å². The van der Waals surface area contributed by atoms with Gasteiger partial charge in [0, 0.05) is 17.0 Å². The Morgan fingerprint density at radius 2 is 1.94 bits per heavy atom. The predicted molar refractivity (Wildman–Crippen MR) is 127 cm³/mol. The Hall–Kier alpha value is -3.93. The number of hydrogen-bond donors (Lipinski definition) is 1.